The van der Waals surface area contributed by atoms with E-state index in [1.54, 1.807) is 18.2 Å². The molecule has 0 heterocycles. The number of alkyl halides is 1. The average molecular weight is 187 g/mol. The van der Waals surface area contributed by atoms with Crippen LogP contribution in [0.4, 0.5) is 0 Å². The van der Waals surface area contributed by atoms with E-state index in [2.05, 4.69) is 0 Å². The van der Waals surface area contributed by atoms with Crippen LogP contribution in [0.2, 0.25) is 0 Å². The van der Waals surface area contributed by atoms with Gasteiger partial charge in [-0.3, -0.25) is 0 Å². The lowest BCUT2D eigenvalue weighted by molar-refractivity contribution is 0.373. The van der Waals surface area contributed by atoms with Crippen LogP contribution in [0, 0.1) is 0 Å². The van der Waals surface area contributed by atoms with Crippen molar-refractivity contribution in [3.63, 3.8) is 0 Å². The number of hydrogen-bond acceptors (Lipinski definition) is 2. The van der Waals surface area contributed by atoms with Crippen LogP contribution in [-0.4, -0.2) is 12.2 Å². The number of halogens is 1. The van der Waals surface area contributed by atoms with Gasteiger partial charge in [-0.1, -0.05) is 6.07 Å². The number of benzene rings is 1. The van der Waals surface area contributed by atoms with Crippen molar-refractivity contribution >= 4 is 11.6 Å². The van der Waals surface area contributed by atoms with Gasteiger partial charge in [-0.2, -0.15) is 0 Å². The number of hydrogen-bond donors (Lipinski definition) is 1. The molecule has 1 rings (SSSR count). The van der Waals surface area contributed by atoms with Crippen molar-refractivity contribution in [2.45, 2.75) is 12.3 Å². The summed E-state index contributed by atoms with van der Waals surface area (Å²) in [6.45, 7) is 1.87. The first-order chi connectivity index (χ1) is 5.65. The summed E-state index contributed by atoms with van der Waals surface area (Å²) in [5, 5.41) is 9.18. The van der Waals surface area contributed by atoms with Crippen LogP contribution in [0.25, 0.3) is 0 Å². The molecule has 1 atom stereocenters. The number of rotatable bonds is 2. The minimum Gasteiger partial charge on any atom is -0.504 e. The second-order valence-electron chi connectivity index (χ2n) is 2.55. The second kappa shape index (κ2) is 3.68. The standard InChI is InChI=1S/C9H11ClO2/c1-6(10)7-3-4-8(11)9(5-7)12-2/h3-6,11H,1-2H3. The Morgan fingerprint density at radius 2 is 2.17 bits per heavy atom. The largest absolute Gasteiger partial charge is 0.504 e. The first-order valence-corrected chi connectivity index (χ1v) is 4.09. The van der Waals surface area contributed by atoms with E-state index in [4.69, 9.17) is 16.3 Å². The molecule has 0 saturated carbocycles. The topological polar surface area (TPSA) is 29.5 Å². The fourth-order valence-electron chi connectivity index (χ4n) is 0.942. The molecule has 12 heavy (non-hydrogen) atoms. The predicted octanol–water partition coefficient (Wildman–Crippen LogP) is 2.70. The van der Waals surface area contributed by atoms with E-state index >= 15 is 0 Å². The molecule has 0 aliphatic rings. The fraction of sp³-hybridized carbons (Fsp3) is 0.333. The molecule has 0 amide bonds. The Bertz CT molecular complexity index is 271. The van der Waals surface area contributed by atoms with Gasteiger partial charge in [0.05, 0.1) is 12.5 Å². The molecule has 0 aromatic heterocycles. The van der Waals surface area contributed by atoms with E-state index < -0.39 is 0 Å². The van der Waals surface area contributed by atoms with Crippen LogP contribution in [0.1, 0.15) is 17.9 Å². The fourth-order valence-corrected chi connectivity index (χ4v) is 1.08. The molecule has 0 fully saturated rings. The van der Waals surface area contributed by atoms with Crippen LogP contribution in [-0.2, 0) is 0 Å². The third-order valence-electron chi connectivity index (χ3n) is 1.66. The minimum absolute atomic E-state index is 0.0699. The van der Waals surface area contributed by atoms with Gasteiger partial charge >= 0.3 is 0 Å². The number of aromatic hydroxyl groups is 1. The summed E-state index contributed by atoms with van der Waals surface area (Å²) in [5.74, 6) is 0.596. The Morgan fingerprint density at radius 1 is 1.50 bits per heavy atom. The summed E-state index contributed by atoms with van der Waals surface area (Å²) in [5.41, 5.74) is 0.936. The highest BCUT2D eigenvalue weighted by Gasteiger charge is 2.05. The zero-order valence-electron chi connectivity index (χ0n) is 7.04. The molecule has 0 spiro atoms. The monoisotopic (exact) mass is 186 g/mol. The van der Waals surface area contributed by atoms with Crippen LogP contribution < -0.4 is 4.74 Å². The van der Waals surface area contributed by atoms with Crippen molar-refractivity contribution < 1.29 is 9.84 Å². The van der Waals surface area contributed by atoms with Crippen molar-refractivity contribution in [3.05, 3.63) is 23.8 Å². The molecule has 0 saturated heterocycles. The third-order valence-corrected chi connectivity index (χ3v) is 1.92. The second-order valence-corrected chi connectivity index (χ2v) is 3.20. The number of ether oxygens (including phenoxy) is 1. The smallest absolute Gasteiger partial charge is 0.160 e. The molecule has 0 bridgehead atoms. The lowest BCUT2D eigenvalue weighted by Gasteiger charge is -2.07. The van der Waals surface area contributed by atoms with Crippen LogP contribution in [0.5, 0.6) is 11.5 Å². The van der Waals surface area contributed by atoms with Crippen LogP contribution >= 0.6 is 11.6 Å². The molecule has 1 aromatic rings. The first-order valence-electron chi connectivity index (χ1n) is 3.66. The summed E-state index contributed by atoms with van der Waals surface area (Å²) in [7, 11) is 1.51. The summed E-state index contributed by atoms with van der Waals surface area (Å²) in [4.78, 5) is 0. The Morgan fingerprint density at radius 3 is 2.67 bits per heavy atom. The maximum Gasteiger partial charge on any atom is 0.160 e. The van der Waals surface area contributed by atoms with Crippen molar-refractivity contribution in [2.24, 2.45) is 0 Å². The summed E-state index contributed by atoms with van der Waals surface area (Å²) >= 11 is 5.85. The van der Waals surface area contributed by atoms with Crippen molar-refractivity contribution in [2.75, 3.05) is 7.11 Å². The molecule has 66 valence electrons. The Balaban J connectivity index is 3.05. The van der Waals surface area contributed by atoms with Gasteiger partial charge in [-0.05, 0) is 24.6 Å². The van der Waals surface area contributed by atoms with Gasteiger partial charge in [-0.25, -0.2) is 0 Å². The van der Waals surface area contributed by atoms with Gasteiger partial charge in [0.25, 0.3) is 0 Å². The molecule has 1 N–H and O–H groups in total. The first kappa shape index (κ1) is 9.20. The predicted molar refractivity (Wildman–Crippen MR) is 48.9 cm³/mol. The van der Waals surface area contributed by atoms with Gasteiger partial charge in [0.2, 0.25) is 0 Å². The molecule has 1 unspecified atom stereocenters. The Hall–Kier alpha value is -0.890. The molecule has 2 nitrogen and oxygen atoms in total. The average Bonchev–Trinajstić information content (AvgIpc) is 2.05. The molecule has 0 aliphatic carbocycles. The van der Waals surface area contributed by atoms with Gasteiger partial charge in [0.15, 0.2) is 11.5 Å². The number of methoxy groups -OCH3 is 1. The summed E-state index contributed by atoms with van der Waals surface area (Å²) in [6.07, 6.45) is 0. The van der Waals surface area contributed by atoms with E-state index in [-0.39, 0.29) is 11.1 Å². The summed E-state index contributed by atoms with van der Waals surface area (Å²) in [6, 6.07) is 5.08. The number of phenolic OH excluding ortho intramolecular Hbond substituents is 1. The minimum atomic E-state index is -0.0699. The quantitative estimate of drug-likeness (QED) is 0.720. The zero-order valence-corrected chi connectivity index (χ0v) is 7.80. The lowest BCUT2D eigenvalue weighted by Crippen LogP contribution is -1.88. The van der Waals surface area contributed by atoms with Crippen molar-refractivity contribution in [1.29, 1.82) is 0 Å². The molecule has 0 radical (unpaired) electrons. The van der Waals surface area contributed by atoms with E-state index in [9.17, 15) is 5.11 Å². The zero-order chi connectivity index (χ0) is 9.14. The van der Waals surface area contributed by atoms with Gasteiger partial charge in [0.1, 0.15) is 0 Å². The van der Waals surface area contributed by atoms with E-state index in [0.717, 1.165) is 5.56 Å². The maximum atomic E-state index is 9.25. The molecule has 0 aliphatic heterocycles. The summed E-state index contributed by atoms with van der Waals surface area (Å²) < 4.78 is 4.93. The van der Waals surface area contributed by atoms with Crippen LogP contribution in [0.3, 0.4) is 0 Å². The number of phenols is 1. The molecular weight excluding hydrogens is 176 g/mol. The van der Waals surface area contributed by atoms with Gasteiger partial charge in [-0.15, -0.1) is 11.6 Å². The van der Waals surface area contributed by atoms with Gasteiger partial charge in [0, 0.05) is 0 Å². The highest BCUT2D eigenvalue weighted by atomic mass is 35.5. The van der Waals surface area contributed by atoms with E-state index in [1.165, 1.54) is 7.11 Å². The van der Waals surface area contributed by atoms with E-state index in [1.807, 2.05) is 6.92 Å². The van der Waals surface area contributed by atoms with Crippen molar-refractivity contribution in [1.82, 2.24) is 0 Å². The lowest BCUT2D eigenvalue weighted by atomic mass is 10.1. The highest BCUT2D eigenvalue weighted by Crippen LogP contribution is 2.30. The van der Waals surface area contributed by atoms with Crippen molar-refractivity contribution in [3.8, 4) is 11.5 Å². The van der Waals surface area contributed by atoms with Crippen LogP contribution in [0.15, 0.2) is 18.2 Å². The van der Waals surface area contributed by atoms with E-state index in [0.29, 0.717) is 5.75 Å². The molecule has 3 heteroatoms. The Kier molecular flexibility index (Phi) is 2.82. The SMILES string of the molecule is COc1cc(C(C)Cl)ccc1O. The normalized spacial score (nSPS) is 12.6. The maximum absolute atomic E-state index is 9.25. The highest BCUT2D eigenvalue weighted by molar-refractivity contribution is 6.20. The molecular formula is C9H11ClO2. The van der Waals surface area contributed by atoms with Gasteiger partial charge < -0.3 is 9.84 Å². The third kappa shape index (κ3) is 1.83. The Labute approximate surface area is 76.7 Å². The molecule has 1 aromatic carbocycles.